The lowest BCUT2D eigenvalue weighted by atomic mass is 10.1. The second-order valence-electron chi connectivity index (χ2n) is 9.33. The lowest BCUT2D eigenvalue weighted by molar-refractivity contribution is -0.116. The van der Waals surface area contributed by atoms with Crippen molar-refractivity contribution >= 4 is 52.8 Å². The quantitative estimate of drug-likeness (QED) is 0.128. The van der Waals surface area contributed by atoms with Crippen molar-refractivity contribution in [2.45, 2.75) is 23.5 Å². The van der Waals surface area contributed by atoms with E-state index in [1.165, 1.54) is 48.2 Å². The number of primary amides is 1. The summed E-state index contributed by atoms with van der Waals surface area (Å²) >= 11 is 1.31. The molecule has 0 aliphatic carbocycles. The van der Waals surface area contributed by atoms with Crippen LogP contribution in [0.25, 0.3) is 6.08 Å². The van der Waals surface area contributed by atoms with E-state index in [2.05, 4.69) is 16.0 Å². The van der Waals surface area contributed by atoms with Gasteiger partial charge in [0.2, 0.25) is 11.8 Å². The van der Waals surface area contributed by atoms with E-state index < -0.39 is 28.8 Å². The topological polar surface area (TPSA) is 130 Å². The van der Waals surface area contributed by atoms with E-state index >= 15 is 0 Å². The van der Waals surface area contributed by atoms with Gasteiger partial charge in [-0.3, -0.25) is 19.2 Å². The van der Waals surface area contributed by atoms with Gasteiger partial charge in [0.1, 0.15) is 11.5 Å². The summed E-state index contributed by atoms with van der Waals surface area (Å²) in [7, 11) is 0. The zero-order valence-electron chi connectivity index (χ0n) is 23.2. The number of hydrogen-bond donors (Lipinski definition) is 4. The zero-order valence-corrected chi connectivity index (χ0v) is 24.0. The SMILES string of the molecule is CCC(Sc1cccc(NC(=O)/C(=C/c2ccccc2F)NC(=O)c2ccccc2)c1)C(=O)Nc1ccc(C(N)=O)cc1. The fourth-order valence-electron chi connectivity index (χ4n) is 3.96. The number of nitrogens with one attached hydrogen (secondary N) is 3. The molecular weight excluding hydrogens is 567 g/mol. The fourth-order valence-corrected chi connectivity index (χ4v) is 4.98. The highest BCUT2D eigenvalue weighted by molar-refractivity contribution is 8.00. The van der Waals surface area contributed by atoms with Crippen LogP contribution >= 0.6 is 11.8 Å². The largest absolute Gasteiger partial charge is 0.366 e. The van der Waals surface area contributed by atoms with Crippen LogP contribution in [0.3, 0.4) is 0 Å². The molecule has 4 aromatic rings. The normalized spacial score (nSPS) is 11.7. The van der Waals surface area contributed by atoms with Crippen molar-refractivity contribution in [1.82, 2.24) is 5.32 Å². The van der Waals surface area contributed by atoms with Crippen molar-refractivity contribution in [2.75, 3.05) is 10.6 Å². The minimum absolute atomic E-state index is 0.131. The van der Waals surface area contributed by atoms with E-state index in [1.54, 1.807) is 66.7 Å². The molecule has 0 radical (unpaired) electrons. The zero-order chi connectivity index (χ0) is 30.8. The molecule has 4 amide bonds. The molecular formula is C33H29FN4O4S. The Morgan fingerprint density at radius 2 is 1.51 bits per heavy atom. The van der Waals surface area contributed by atoms with Crippen molar-refractivity contribution in [1.29, 1.82) is 0 Å². The average Bonchev–Trinajstić information content (AvgIpc) is 3.01. The maximum atomic E-state index is 14.4. The molecule has 0 saturated carbocycles. The van der Waals surface area contributed by atoms with E-state index in [-0.39, 0.29) is 17.2 Å². The van der Waals surface area contributed by atoms with Crippen LogP contribution in [0.1, 0.15) is 39.6 Å². The molecule has 4 aromatic carbocycles. The number of carbonyl (C=O) groups is 4. The molecule has 1 unspecified atom stereocenters. The Hall–Kier alpha value is -5.22. The molecule has 43 heavy (non-hydrogen) atoms. The predicted molar refractivity (Wildman–Crippen MR) is 167 cm³/mol. The fraction of sp³-hybridized carbons (Fsp3) is 0.0909. The maximum absolute atomic E-state index is 14.4. The molecule has 5 N–H and O–H groups in total. The Morgan fingerprint density at radius 1 is 0.814 bits per heavy atom. The number of nitrogens with two attached hydrogens (primary N) is 1. The molecule has 4 rings (SSSR count). The smallest absolute Gasteiger partial charge is 0.272 e. The summed E-state index contributed by atoms with van der Waals surface area (Å²) in [4.78, 5) is 51.2. The Bertz CT molecular complexity index is 1660. The summed E-state index contributed by atoms with van der Waals surface area (Å²) in [5.41, 5.74) is 6.87. The third kappa shape index (κ3) is 8.64. The first-order valence-electron chi connectivity index (χ1n) is 13.3. The highest BCUT2D eigenvalue weighted by Crippen LogP contribution is 2.29. The van der Waals surface area contributed by atoms with Gasteiger partial charge in [0.15, 0.2) is 0 Å². The van der Waals surface area contributed by atoms with Gasteiger partial charge in [0.05, 0.1) is 5.25 Å². The lowest BCUT2D eigenvalue weighted by Crippen LogP contribution is -2.30. The molecule has 0 spiro atoms. The second kappa shape index (κ2) is 14.6. The van der Waals surface area contributed by atoms with E-state index in [4.69, 9.17) is 5.73 Å². The average molecular weight is 597 g/mol. The van der Waals surface area contributed by atoms with Crippen molar-refractivity contribution in [3.05, 3.63) is 131 Å². The van der Waals surface area contributed by atoms with Crippen molar-refractivity contribution in [3.8, 4) is 0 Å². The number of rotatable bonds is 11. The number of benzene rings is 4. The number of hydrogen-bond acceptors (Lipinski definition) is 5. The van der Waals surface area contributed by atoms with E-state index in [0.717, 1.165) is 4.90 Å². The molecule has 0 aliphatic rings. The van der Waals surface area contributed by atoms with Gasteiger partial charge in [0, 0.05) is 33.0 Å². The molecule has 0 aromatic heterocycles. The van der Waals surface area contributed by atoms with Gasteiger partial charge >= 0.3 is 0 Å². The van der Waals surface area contributed by atoms with E-state index in [9.17, 15) is 23.6 Å². The van der Waals surface area contributed by atoms with E-state index in [1.807, 2.05) is 13.0 Å². The number of amides is 4. The molecule has 0 heterocycles. The minimum Gasteiger partial charge on any atom is -0.366 e. The van der Waals surface area contributed by atoms with Crippen LogP contribution < -0.4 is 21.7 Å². The van der Waals surface area contributed by atoms with Crippen LogP contribution in [0.2, 0.25) is 0 Å². The highest BCUT2D eigenvalue weighted by Gasteiger charge is 2.20. The van der Waals surface area contributed by atoms with Gasteiger partial charge in [-0.25, -0.2) is 4.39 Å². The summed E-state index contributed by atoms with van der Waals surface area (Å²) in [6.45, 7) is 1.88. The highest BCUT2D eigenvalue weighted by atomic mass is 32.2. The van der Waals surface area contributed by atoms with Gasteiger partial charge in [-0.2, -0.15) is 0 Å². The van der Waals surface area contributed by atoms with Gasteiger partial charge in [0.25, 0.3) is 11.8 Å². The van der Waals surface area contributed by atoms with Gasteiger partial charge in [-0.15, -0.1) is 11.8 Å². The van der Waals surface area contributed by atoms with Gasteiger partial charge in [-0.05, 0) is 73.2 Å². The number of halogens is 1. The Balaban J connectivity index is 1.49. The standard InChI is InChI=1S/C33H29FN4O4S/c1-2-29(33(42)36-24-17-15-21(16-18-24)30(35)39)43-26-13-8-12-25(20-26)37-32(41)28(19-23-11-6-7-14-27(23)34)38-31(40)22-9-4-3-5-10-22/h3-20,29H,2H2,1H3,(H2,35,39)(H,36,42)(H,37,41)(H,38,40)/b28-19-. The first kappa shape index (κ1) is 30.7. The Morgan fingerprint density at radius 3 is 2.19 bits per heavy atom. The molecule has 0 fully saturated rings. The Kier molecular flexibility index (Phi) is 10.4. The molecule has 0 saturated heterocycles. The van der Waals surface area contributed by atoms with Crippen LogP contribution in [-0.2, 0) is 9.59 Å². The molecule has 218 valence electrons. The first-order chi connectivity index (χ1) is 20.7. The first-order valence-corrected chi connectivity index (χ1v) is 14.2. The Labute approximate surface area is 252 Å². The summed E-state index contributed by atoms with van der Waals surface area (Å²) in [6, 6.07) is 27.5. The van der Waals surface area contributed by atoms with E-state index in [0.29, 0.717) is 28.9 Å². The van der Waals surface area contributed by atoms with Crippen LogP contribution in [0.4, 0.5) is 15.8 Å². The number of thioether (sulfide) groups is 1. The molecule has 10 heteroatoms. The van der Waals surface area contributed by atoms with Crippen LogP contribution in [0.15, 0.2) is 114 Å². The third-order valence-electron chi connectivity index (χ3n) is 6.20. The van der Waals surface area contributed by atoms with Crippen molar-refractivity contribution in [2.24, 2.45) is 5.73 Å². The third-order valence-corrected chi connectivity index (χ3v) is 7.56. The van der Waals surface area contributed by atoms with Crippen LogP contribution in [-0.4, -0.2) is 28.9 Å². The maximum Gasteiger partial charge on any atom is 0.272 e. The lowest BCUT2D eigenvalue weighted by Gasteiger charge is -2.16. The predicted octanol–water partition coefficient (Wildman–Crippen LogP) is 5.84. The number of anilines is 2. The second-order valence-corrected chi connectivity index (χ2v) is 10.6. The van der Waals surface area contributed by atoms with Crippen LogP contribution in [0, 0.1) is 5.82 Å². The molecule has 0 aliphatic heterocycles. The molecule has 8 nitrogen and oxygen atoms in total. The van der Waals surface area contributed by atoms with Gasteiger partial charge in [-0.1, -0.05) is 49.4 Å². The van der Waals surface area contributed by atoms with Crippen molar-refractivity contribution in [3.63, 3.8) is 0 Å². The molecule has 1 atom stereocenters. The van der Waals surface area contributed by atoms with Crippen molar-refractivity contribution < 1.29 is 23.6 Å². The summed E-state index contributed by atoms with van der Waals surface area (Å²) in [6.07, 6.45) is 1.80. The summed E-state index contributed by atoms with van der Waals surface area (Å²) in [5, 5.41) is 7.74. The van der Waals surface area contributed by atoms with Crippen LogP contribution in [0.5, 0.6) is 0 Å². The summed E-state index contributed by atoms with van der Waals surface area (Å²) in [5.74, 6) is -2.51. The number of carbonyl (C=O) groups excluding carboxylic acids is 4. The monoisotopic (exact) mass is 596 g/mol. The molecule has 0 bridgehead atoms. The summed E-state index contributed by atoms with van der Waals surface area (Å²) < 4.78 is 14.4. The minimum atomic E-state index is -0.654. The van der Waals surface area contributed by atoms with Gasteiger partial charge < -0.3 is 21.7 Å².